The number of halogens is 1. The van der Waals surface area contributed by atoms with Crippen LogP contribution < -0.4 is 10.6 Å². The van der Waals surface area contributed by atoms with Gasteiger partial charge in [-0.15, -0.1) is 24.0 Å². The molecule has 0 unspecified atom stereocenters. The summed E-state index contributed by atoms with van der Waals surface area (Å²) in [7, 11) is 1.76. The highest BCUT2D eigenvalue weighted by molar-refractivity contribution is 14.0. The molecule has 0 aromatic heterocycles. The van der Waals surface area contributed by atoms with Crippen LogP contribution in [0.1, 0.15) is 51.9 Å². The molecule has 1 saturated heterocycles. The van der Waals surface area contributed by atoms with Crippen LogP contribution in [0.15, 0.2) is 4.99 Å². The van der Waals surface area contributed by atoms with Gasteiger partial charge < -0.3 is 25.4 Å². The molecule has 0 spiro atoms. The fourth-order valence-corrected chi connectivity index (χ4v) is 3.66. The highest BCUT2D eigenvalue weighted by atomic mass is 127. The molecule has 2 rings (SSSR count). The Balaban J connectivity index is 0.00000312. The lowest BCUT2D eigenvalue weighted by Gasteiger charge is -2.33. The molecule has 0 aromatic carbocycles. The number of hydrogen-bond donors (Lipinski definition) is 3. The van der Waals surface area contributed by atoms with E-state index in [1.54, 1.807) is 7.11 Å². The molecule has 6 nitrogen and oxygen atoms in total. The molecule has 148 valence electrons. The molecule has 25 heavy (non-hydrogen) atoms. The molecule has 0 atom stereocenters. The van der Waals surface area contributed by atoms with E-state index in [-0.39, 0.29) is 24.0 Å². The highest BCUT2D eigenvalue weighted by Crippen LogP contribution is 2.29. The van der Waals surface area contributed by atoms with Crippen molar-refractivity contribution >= 4 is 29.9 Å². The van der Waals surface area contributed by atoms with Gasteiger partial charge in [-0.1, -0.05) is 12.8 Å². The van der Waals surface area contributed by atoms with Gasteiger partial charge in [0.2, 0.25) is 0 Å². The maximum Gasteiger partial charge on any atom is 0.191 e. The Bertz CT molecular complexity index is 381. The van der Waals surface area contributed by atoms with Crippen molar-refractivity contribution in [2.75, 3.05) is 46.4 Å². The molecule has 0 aromatic rings. The van der Waals surface area contributed by atoms with Crippen LogP contribution in [0.25, 0.3) is 0 Å². The topological polar surface area (TPSA) is 69.1 Å². The van der Waals surface area contributed by atoms with Gasteiger partial charge in [0, 0.05) is 45.9 Å². The Hall–Kier alpha value is -0.120. The first-order valence-electron chi connectivity index (χ1n) is 9.64. The minimum atomic E-state index is -0.576. The second-order valence-corrected chi connectivity index (χ2v) is 7.23. The van der Waals surface area contributed by atoms with Gasteiger partial charge in [0.1, 0.15) is 0 Å². The molecule has 2 aliphatic rings. The summed E-state index contributed by atoms with van der Waals surface area (Å²) in [6.45, 7) is 7.67. The lowest BCUT2D eigenvalue weighted by molar-refractivity contribution is 0.0573. The smallest absolute Gasteiger partial charge is 0.191 e. The van der Waals surface area contributed by atoms with E-state index in [9.17, 15) is 5.11 Å². The zero-order chi connectivity index (χ0) is 17.3. The number of hydrogen-bond acceptors (Lipinski definition) is 4. The van der Waals surface area contributed by atoms with Crippen LogP contribution in [0.3, 0.4) is 0 Å². The zero-order valence-corrected chi connectivity index (χ0v) is 18.3. The minimum Gasteiger partial charge on any atom is -0.388 e. The molecular weight excluding hydrogens is 431 g/mol. The summed E-state index contributed by atoms with van der Waals surface area (Å²) in [5.41, 5.74) is -0.576. The number of piperidine rings is 1. The summed E-state index contributed by atoms with van der Waals surface area (Å²) in [6, 6.07) is 0.472. The van der Waals surface area contributed by atoms with Gasteiger partial charge in [-0.25, -0.2) is 0 Å². The number of ether oxygens (including phenoxy) is 1. The minimum absolute atomic E-state index is 0. The van der Waals surface area contributed by atoms with Crippen LogP contribution in [0.4, 0.5) is 0 Å². The van der Waals surface area contributed by atoms with Gasteiger partial charge in [0.15, 0.2) is 5.96 Å². The maximum absolute atomic E-state index is 10.5. The monoisotopic (exact) mass is 468 g/mol. The second kappa shape index (κ2) is 12.3. The average Bonchev–Trinajstić information content (AvgIpc) is 3.02. The second-order valence-electron chi connectivity index (χ2n) is 7.23. The van der Waals surface area contributed by atoms with Crippen LogP contribution >= 0.6 is 24.0 Å². The average molecular weight is 468 g/mol. The fraction of sp³-hybridized carbons (Fsp3) is 0.944. The van der Waals surface area contributed by atoms with Gasteiger partial charge in [-0.05, 0) is 39.0 Å². The van der Waals surface area contributed by atoms with Crippen molar-refractivity contribution in [2.45, 2.75) is 63.5 Å². The zero-order valence-electron chi connectivity index (χ0n) is 15.9. The Kier molecular flexibility index (Phi) is 11.3. The molecule has 0 amide bonds. The number of guanidine groups is 1. The molecule has 7 heteroatoms. The van der Waals surface area contributed by atoms with E-state index in [0.29, 0.717) is 12.6 Å². The van der Waals surface area contributed by atoms with Crippen molar-refractivity contribution in [1.82, 2.24) is 15.5 Å². The third kappa shape index (κ3) is 8.41. The number of nitrogens with one attached hydrogen (secondary N) is 2. The number of aliphatic imine (C=N–C) groups is 1. The van der Waals surface area contributed by atoms with E-state index in [1.165, 1.54) is 0 Å². The number of methoxy groups -OCH3 is 1. The quantitative estimate of drug-likeness (QED) is 0.220. The third-order valence-electron chi connectivity index (χ3n) is 5.16. The van der Waals surface area contributed by atoms with Crippen LogP contribution in [-0.4, -0.2) is 74.0 Å². The highest BCUT2D eigenvalue weighted by Gasteiger charge is 2.31. The van der Waals surface area contributed by atoms with Crippen LogP contribution in [0.2, 0.25) is 0 Å². The Morgan fingerprint density at radius 1 is 1.28 bits per heavy atom. The lowest BCUT2D eigenvalue weighted by atomic mass is 10.0. The van der Waals surface area contributed by atoms with Crippen molar-refractivity contribution in [3.05, 3.63) is 0 Å². The molecule has 0 radical (unpaired) electrons. The van der Waals surface area contributed by atoms with Crippen molar-refractivity contribution in [3.8, 4) is 0 Å². The summed E-state index contributed by atoms with van der Waals surface area (Å²) in [5, 5.41) is 17.4. The van der Waals surface area contributed by atoms with Crippen molar-refractivity contribution < 1.29 is 9.84 Å². The van der Waals surface area contributed by atoms with Gasteiger partial charge >= 0.3 is 0 Å². The first-order valence-corrected chi connectivity index (χ1v) is 9.64. The fourth-order valence-electron chi connectivity index (χ4n) is 3.66. The summed E-state index contributed by atoms with van der Waals surface area (Å²) in [6.07, 6.45) is 7.40. The van der Waals surface area contributed by atoms with Gasteiger partial charge in [0.25, 0.3) is 0 Å². The normalized spacial score (nSPS) is 21.8. The molecule has 1 aliphatic heterocycles. The molecule has 0 bridgehead atoms. The van der Waals surface area contributed by atoms with Crippen molar-refractivity contribution in [1.29, 1.82) is 0 Å². The van der Waals surface area contributed by atoms with Gasteiger partial charge in [0.05, 0.1) is 12.1 Å². The predicted molar refractivity (Wildman–Crippen MR) is 114 cm³/mol. The number of nitrogens with zero attached hydrogens (tertiary/aromatic N) is 2. The summed E-state index contributed by atoms with van der Waals surface area (Å²) >= 11 is 0. The van der Waals surface area contributed by atoms with Gasteiger partial charge in [-0.2, -0.15) is 0 Å². The van der Waals surface area contributed by atoms with E-state index >= 15 is 0 Å². The van der Waals surface area contributed by atoms with Gasteiger partial charge in [-0.3, -0.25) is 4.99 Å². The molecular formula is C18H37IN4O2. The summed E-state index contributed by atoms with van der Waals surface area (Å²) < 4.78 is 5.13. The number of rotatable bonds is 8. The van der Waals surface area contributed by atoms with E-state index in [1.807, 2.05) is 0 Å². The molecule has 1 saturated carbocycles. The van der Waals surface area contributed by atoms with E-state index in [2.05, 4.69) is 27.4 Å². The largest absolute Gasteiger partial charge is 0.388 e. The van der Waals surface area contributed by atoms with Crippen molar-refractivity contribution in [2.24, 2.45) is 4.99 Å². The van der Waals surface area contributed by atoms with E-state index in [4.69, 9.17) is 4.74 Å². The number of likely N-dealkylation sites (tertiary alicyclic amines) is 1. The molecule has 3 N–H and O–H groups in total. The summed E-state index contributed by atoms with van der Waals surface area (Å²) in [5.74, 6) is 0.857. The first-order chi connectivity index (χ1) is 11.6. The standard InChI is InChI=1S/C18H36N4O2.HI/c1-3-19-17(20-15-18(23)9-4-5-10-18)21-16-7-12-22(13-8-16)11-6-14-24-2;/h16,23H,3-15H2,1-2H3,(H2,19,20,21);1H. The van der Waals surface area contributed by atoms with E-state index < -0.39 is 5.60 Å². The molecule has 1 aliphatic carbocycles. The maximum atomic E-state index is 10.5. The molecule has 1 heterocycles. The Morgan fingerprint density at radius 3 is 2.56 bits per heavy atom. The first kappa shape index (κ1) is 22.9. The number of aliphatic hydroxyl groups is 1. The van der Waals surface area contributed by atoms with E-state index in [0.717, 1.165) is 83.7 Å². The van der Waals surface area contributed by atoms with Crippen LogP contribution in [-0.2, 0) is 4.74 Å². The predicted octanol–water partition coefficient (Wildman–Crippen LogP) is 1.97. The SMILES string of the molecule is CCNC(=NCC1(O)CCCC1)NC1CCN(CCCOC)CC1.I. The molecule has 2 fully saturated rings. The van der Waals surface area contributed by atoms with Crippen molar-refractivity contribution in [3.63, 3.8) is 0 Å². The summed E-state index contributed by atoms with van der Waals surface area (Å²) in [4.78, 5) is 7.17. The Morgan fingerprint density at radius 2 is 1.96 bits per heavy atom. The van der Waals surface area contributed by atoms with Crippen LogP contribution in [0.5, 0.6) is 0 Å². The third-order valence-corrected chi connectivity index (χ3v) is 5.16. The van der Waals surface area contributed by atoms with Crippen LogP contribution in [0, 0.1) is 0 Å². The lowest BCUT2D eigenvalue weighted by Crippen LogP contribution is -2.49. The Labute approximate surface area is 170 Å².